The number of nitrogens with zero attached hydrogens (tertiary/aromatic N) is 4. The maximum absolute atomic E-state index is 10.5. The highest BCUT2D eigenvalue weighted by molar-refractivity contribution is 5.60. The lowest BCUT2D eigenvalue weighted by molar-refractivity contribution is 0.171. The number of nitrogens with one attached hydrogen (secondary N) is 1. The molecule has 0 amide bonds. The molecule has 31 heavy (non-hydrogen) atoms. The zero-order valence-corrected chi connectivity index (χ0v) is 16.6. The Morgan fingerprint density at radius 1 is 0.935 bits per heavy atom. The first kappa shape index (κ1) is 19.8. The topological polar surface area (TPSA) is 133 Å². The number of rotatable bonds is 3. The van der Waals surface area contributed by atoms with Crippen molar-refractivity contribution in [1.82, 2.24) is 5.32 Å². The van der Waals surface area contributed by atoms with Crippen molar-refractivity contribution in [2.75, 3.05) is 0 Å². The van der Waals surface area contributed by atoms with Gasteiger partial charge in [-0.3, -0.25) is 0 Å². The Morgan fingerprint density at radius 3 is 2.10 bits per heavy atom. The predicted octanol–water partition coefficient (Wildman–Crippen LogP) is 3.16. The third-order valence-electron chi connectivity index (χ3n) is 6.32. The summed E-state index contributed by atoms with van der Waals surface area (Å²) in [6, 6.07) is 27.2. The van der Waals surface area contributed by atoms with E-state index in [-0.39, 0.29) is 28.8 Å². The molecule has 6 nitrogen and oxygen atoms in total. The van der Waals surface area contributed by atoms with E-state index in [0.717, 1.165) is 11.1 Å². The SMILES string of the molecule is N#CC(C#N)=C1NC2C(C#N)=C(N)C1(C#N)C(Cc1ccccc1)C2c1ccccc1. The highest BCUT2D eigenvalue weighted by Crippen LogP contribution is 2.58. The van der Waals surface area contributed by atoms with Crippen molar-refractivity contribution in [3.8, 4) is 24.3 Å². The van der Waals surface area contributed by atoms with Gasteiger partial charge < -0.3 is 11.1 Å². The number of hydrogen-bond donors (Lipinski definition) is 2. The number of hydrogen-bond acceptors (Lipinski definition) is 6. The zero-order valence-electron chi connectivity index (χ0n) is 16.6. The standard InChI is InChI=1S/C25H18N6/c26-12-18(13-27)24-25(15-29)20(11-16-7-3-1-4-8-16)21(17-9-5-2-6-10-17)22(31-24)19(14-28)23(25)30/h1-10,20-22,31H,11,30H2. The number of benzene rings is 2. The lowest BCUT2D eigenvalue weighted by Crippen LogP contribution is -2.62. The lowest BCUT2D eigenvalue weighted by atomic mass is 9.52. The van der Waals surface area contributed by atoms with Crippen molar-refractivity contribution in [1.29, 1.82) is 21.0 Å². The molecule has 3 aliphatic rings. The summed E-state index contributed by atoms with van der Waals surface area (Å²) in [5, 5.41) is 42.8. The van der Waals surface area contributed by atoms with Crippen LogP contribution in [0.3, 0.4) is 0 Å². The zero-order chi connectivity index (χ0) is 22.0. The highest BCUT2D eigenvalue weighted by Gasteiger charge is 2.61. The normalized spacial score (nSPS) is 26.1. The molecule has 0 spiro atoms. The average Bonchev–Trinajstić information content (AvgIpc) is 2.81. The molecule has 2 bridgehead atoms. The minimum Gasteiger partial charge on any atom is -0.400 e. The number of fused-ring (bicyclic) bond motifs is 2. The van der Waals surface area contributed by atoms with Crippen molar-refractivity contribution >= 4 is 0 Å². The molecule has 1 fully saturated rings. The van der Waals surface area contributed by atoms with Gasteiger partial charge in [0.1, 0.15) is 17.6 Å². The predicted molar refractivity (Wildman–Crippen MR) is 113 cm³/mol. The second-order valence-corrected chi connectivity index (χ2v) is 7.69. The molecular weight excluding hydrogens is 384 g/mol. The van der Waals surface area contributed by atoms with E-state index in [9.17, 15) is 21.0 Å². The van der Waals surface area contributed by atoms with Crippen LogP contribution in [0.4, 0.5) is 0 Å². The first-order valence-electron chi connectivity index (χ1n) is 9.84. The second kappa shape index (κ2) is 7.72. The van der Waals surface area contributed by atoms with Crippen LogP contribution in [-0.2, 0) is 6.42 Å². The molecule has 3 N–H and O–H groups in total. The van der Waals surface area contributed by atoms with Gasteiger partial charge in [-0.15, -0.1) is 0 Å². The fraction of sp³-hybridized carbons (Fsp3) is 0.200. The van der Waals surface area contributed by atoms with E-state index in [0.29, 0.717) is 12.0 Å². The summed E-state index contributed by atoms with van der Waals surface area (Å²) in [4.78, 5) is 0. The van der Waals surface area contributed by atoms with Gasteiger partial charge in [-0.25, -0.2) is 0 Å². The van der Waals surface area contributed by atoms with E-state index in [1.54, 1.807) is 0 Å². The van der Waals surface area contributed by atoms with Crippen molar-refractivity contribution in [3.63, 3.8) is 0 Å². The van der Waals surface area contributed by atoms with E-state index >= 15 is 0 Å². The van der Waals surface area contributed by atoms with Gasteiger partial charge in [-0.2, -0.15) is 21.0 Å². The van der Waals surface area contributed by atoms with Gasteiger partial charge in [0, 0.05) is 11.8 Å². The first-order valence-corrected chi connectivity index (χ1v) is 9.84. The average molecular weight is 402 g/mol. The first-order chi connectivity index (χ1) is 15.1. The number of piperidine rings is 1. The van der Waals surface area contributed by atoms with Crippen LogP contribution in [0, 0.1) is 56.7 Å². The molecule has 2 heterocycles. The number of nitrogens with two attached hydrogens (primary N) is 1. The smallest absolute Gasteiger partial charge is 0.150 e. The van der Waals surface area contributed by atoms with E-state index in [1.165, 1.54) is 0 Å². The van der Waals surface area contributed by atoms with Crippen molar-refractivity contribution in [3.05, 3.63) is 94.3 Å². The molecule has 2 aliphatic heterocycles. The summed E-state index contributed by atoms with van der Waals surface area (Å²) in [5.41, 5.74) is 7.41. The molecule has 148 valence electrons. The molecule has 0 radical (unpaired) electrons. The van der Waals surface area contributed by atoms with Gasteiger partial charge in [0.05, 0.1) is 35.1 Å². The van der Waals surface area contributed by atoms with Crippen LogP contribution in [0.15, 0.2) is 83.2 Å². The van der Waals surface area contributed by atoms with Crippen LogP contribution < -0.4 is 11.1 Å². The van der Waals surface area contributed by atoms with Crippen molar-refractivity contribution in [2.24, 2.45) is 17.1 Å². The maximum atomic E-state index is 10.5. The third kappa shape index (κ3) is 2.83. The molecule has 1 saturated heterocycles. The molecule has 1 aliphatic carbocycles. The molecule has 2 aromatic rings. The molecule has 0 saturated carbocycles. The summed E-state index contributed by atoms with van der Waals surface area (Å²) in [6.45, 7) is 0. The monoisotopic (exact) mass is 402 g/mol. The van der Waals surface area contributed by atoms with Crippen LogP contribution in [0.5, 0.6) is 0 Å². The molecule has 4 unspecified atom stereocenters. The minimum atomic E-state index is -1.49. The Balaban J connectivity index is 2.04. The lowest BCUT2D eigenvalue weighted by Gasteiger charge is -2.55. The summed E-state index contributed by atoms with van der Waals surface area (Å²) in [6.07, 6.45) is 0.499. The molecular formula is C25H18N6. The minimum absolute atomic E-state index is 0.132. The van der Waals surface area contributed by atoms with Crippen LogP contribution >= 0.6 is 0 Å². The Bertz CT molecular complexity index is 1230. The third-order valence-corrected chi connectivity index (χ3v) is 6.32. The van der Waals surface area contributed by atoms with E-state index in [4.69, 9.17) is 5.73 Å². The molecule has 2 aromatic carbocycles. The summed E-state index contributed by atoms with van der Waals surface area (Å²) in [7, 11) is 0. The quantitative estimate of drug-likeness (QED) is 0.758. The summed E-state index contributed by atoms with van der Waals surface area (Å²) >= 11 is 0. The van der Waals surface area contributed by atoms with E-state index in [1.807, 2.05) is 72.8 Å². The second-order valence-electron chi connectivity index (χ2n) is 7.69. The van der Waals surface area contributed by atoms with Gasteiger partial charge in [0.25, 0.3) is 0 Å². The van der Waals surface area contributed by atoms with Crippen LogP contribution in [0.1, 0.15) is 17.0 Å². The summed E-state index contributed by atoms with van der Waals surface area (Å²) in [5.74, 6) is -0.622. The molecule has 6 heteroatoms. The fourth-order valence-corrected chi connectivity index (χ4v) is 5.00. The number of allylic oxidation sites excluding steroid dienone is 1. The van der Waals surface area contributed by atoms with Gasteiger partial charge in [-0.05, 0) is 17.5 Å². The largest absolute Gasteiger partial charge is 0.400 e. The number of nitriles is 4. The Morgan fingerprint density at radius 2 is 1.55 bits per heavy atom. The van der Waals surface area contributed by atoms with Gasteiger partial charge in [-0.1, -0.05) is 60.7 Å². The Kier molecular flexibility index (Phi) is 4.92. The fourth-order valence-electron chi connectivity index (χ4n) is 5.00. The van der Waals surface area contributed by atoms with Crippen molar-refractivity contribution < 1.29 is 0 Å². The maximum Gasteiger partial charge on any atom is 0.150 e. The molecule has 5 rings (SSSR count). The van der Waals surface area contributed by atoms with Crippen LogP contribution in [0.2, 0.25) is 0 Å². The van der Waals surface area contributed by atoms with Crippen LogP contribution in [-0.4, -0.2) is 6.04 Å². The van der Waals surface area contributed by atoms with Gasteiger partial charge >= 0.3 is 0 Å². The summed E-state index contributed by atoms with van der Waals surface area (Å²) < 4.78 is 0. The Labute approximate surface area is 180 Å². The van der Waals surface area contributed by atoms with Crippen molar-refractivity contribution in [2.45, 2.75) is 18.4 Å². The van der Waals surface area contributed by atoms with Gasteiger partial charge in [0.2, 0.25) is 0 Å². The van der Waals surface area contributed by atoms with E-state index < -0.39 is 11.5 Å². The van der Waals surface area contributed by atoms with Crippen LogP contribution in [0.25, 0.3) is 0 Å². The van der Waals surface area contributed by atoms with Gasteiger partial charge in [0.15, 0.2) is 5.57 Å². The molecule has 0 aromatic heterocycles. The Hall–Kier alpha value is -4.52. The highest BCUT2D eigenvalue weighted by atomic mass is 15.0. The molecule has 4 atom stereocenters. The van der Waals surface area contributed by atoms with E-state index in [2.05, 4.69) is 17.5 Å².